The average Bonchev–Trinajstić information content (AvgIpc) is 3.20. The van der Waals surface area contributed by atoms with Crippen LogP contribution in [0.3, 0.4) is 0 Å². The molecule has 172 valence electrons. The second-order valence-electron chi connectivity index (χ2n) is 8.65. The van der Waals surface area contributed by atoms with Gasteiger partial charge in [-0.1, -0.05) is 60.7 Å². The summed E-state index contributed by atoms with van der Waals surface area (Å²) in [6.45, 7) is 0.240. The number of amides is 1. The number of rotatable bonds is 6. The smallest absolute Gasteiger partial charge is 0.407 e. The first-order chi connectivity index (χ1) is 16.6. The molecule has 1 heterocycles. The number of hydrogen-bond donors (Lipinski definition) is 1. The van der Waals surface area contributed by atoms with Crippen LogP contribution in [0.5, 0.6) is 0 Å². The minimum atomic E-state index is -0.871. The van der Waals surface area contributed by atoms with Gasteiger partial charge in [0.25, 0.3) is 0 Å². The summed E-state index contributed by atoms with van der Waals surface area (Å²) >= 11 is 0. The average molecular weight is 455 g/mol. The highest BCUT2D eigenvalue weighted by Gasteiger charge is 2.37. The quantitative estimate of drug-likeness (QED) is 0.542. The lowest BCUT2D eigenvalue weighted by molar-refractivity contribution is -0.143. The van der Waals surface area contributed by atoms with Crippen LogP contribution in [0.15, 0.2) is 79.0 Å². The van der Waals surface area contributed by atoms with Gasteiger partial charge in [-0.05, 0) is 46.7 Å². The molecule has 0 fully saturated rings. The third-order valence-corrected chi connectivity index (χ3v) is 6.62. The molecule has 0 spiro atoms. The van der Waals surface area contributed by atoms with Crippen LogP contribution in [0.25, 0.3) is 16.5 Å². The maximum atomic E-state index is 12.7. The van der Waals surface area contributed by atoms with E-state index in [2.05, 4.69) is 40.7 Å². The Morgan fingerprint density at radius 1 is 1.15 bits per heavy atom. The van der Waals surface area contributed by atoms with Crippen molar-refractivity contribution in [2.45, 2.75) is 24.8 Å². The minimum absolute atomic E-state index is 0.0828. The highest BCUT2D eigenvalue weighted by atomic mass is 16.6. The molecule has 0 bridgehead atoms. The van der Waals surface area contributed by atoms with E-state index in [0.717, 1.165) is 22.9 Å². The molecule has 2 unspecified atom stereocenters. The predicted molar refractivity (Wildman–Crippen MR) is 130 cm³/mol. The lowest BCUT2D eigenvalue weighted by atomic mass is 9.86. The Bertz CT molecular complexity index is 1300. The molecule has 3 atom stereocenters. The number of methoxy groups -OCH3 is 1. The van der Waals surface area contributed by atoms with Crippen LogP contribution in [-0.4, -0.2) is 36.8 Å². The van der Waals surface area contributed by atoms with E-state index in [-0.39, 0.29) is 24.9 Å². The maximum absolute atomic E-state index is 12.7. The van der Waals surface area contributed by atoms with E-state index >= 15 is 0 Å². The number of nitrogens with one attached hydrogen (secondary N) is 1. The molecule has 0 saturated carbocycles. The Labute approximate surface area is 198 Å². The van der Waals surface area contributed by atoms with Gasteiger partial charge in [0, 0.05) is 23.9 Å². The lowest BCUT2D eigenvalue weighted by Crippen LogP contribution is -2.43. The van der Waals surface area contributed by atoms with Gasteiger partial charge in [0.1, 0.15) is 12.6 Å². The second kappa shape index (κ2) is 9.51. The monoisotopic (exact) mass is 454 g/mol. The lowest BCUT2D eigenvalue weighted by Gasteiger charge is -2.22. The van der Waals surface area contributed by atoms with Crippen LogP contribution in [0.2, 0.25) is 0 Å². The number of alkyl carbamates (subject to hydrolysis) is 1. The van der Waals surface area contributed by atoms with Crippen molar-refractivity contribution < 1.29 is 19.1 Å². The normalized spacial score (nSPS) is 19.0. The van der Waals surface area contributed by atoms with Crippen molar-refractivity contribution in [3.63, 3.8) is 0 Å². The summed E-state index contributed by atoms with van der Waals surface area (Å²) in [5.41, 5.74) is 5.41. The maximum Gasteiger partial charge on any atom is 0.407 e. The molecule has 5 rings (SSSR count). The van der Waals surface area contributed by atoms with Crippen molar-refractivity contribution in [1.82, 2.24) is 10.3 Å². The van der Waals surface area contributed by atoms with Gasteiger partial charge in [0.15, 0.2) is 0 Å². The molecule has 3 aromatic rings. The first-order valence-electron chi connectivity index (χ1n) is 11.4. The second-order valence-corrected chi connectivity index (χ2v) is 8.65. The first kappa shape index (κ1) is 21.9. The van der Waals surface area contributed by atoms with Gasteiger partial charge in [-0.2, -0.15) is 0 Å². The van der Waals surface area contributed by atoms with Gasteiger partial charge in [0.2, 0.25) is 0 Å². The molecule has 34 heavy (non-hydrogen) atoms. The van der Waals surface area contributed by atoms with Crippen molar-refractivity contribution in [3.8, 4) is 0 Å². The van der Waals surface area contributed by atoms with Gasteiger partial charge in [-0.3, -0.25) is 4.98 Å². The van der Waals surface area contributed by atoms with Crippen molar-refractivity contribution in [3.05, 3.63) is 95.7 Å². The molecule has 1 amide bonds. The Hall–Kier alpha value is -3.93. The van der Waals surface area contributed by atoms with E-state index in [0.29, 0.717) is 0 Å². The standard InChI is InChI=1S/C28H26N2O4/c1-33-27(31)26(15-18-14-19-8-2-7-13-25(19)29-16-18)30-28(32)34-17-24-22-11-5-3-9-20(22)21-10-4-6-12-23(21)24/h2-11,13-14,16,23-24,26H,12,15,17H2,1H3,(H,30,32)/t23?,24?,26-/m0/s1. The van der Waals surface area contributed by atoms with Crippen LogP contribution in [-0.2, 0) is 20.7 Å². The van der Waals surface area contributed by atoms with Crippen LogP contribution >= 0.6 is 0 Å². The molecule has 0 radical (unpaired) electrons. The van der Waals surface area contributed by atoms with Gasteiger partial charge in [-0.25, -0.2) is 9.59 Å². The Balaban J connectivity index is 1.26. The van der Waals surface area contributed by atoms with Crippen molar-refractivity contribution in [2.24, 2.45) is 5.92 Å². The number of carbonyl (C=O) groups excluding carboxylic acids is 2. The molecule has 0 aliphatic heterocycles. The van der Waals surface area contributed by atoms with Gasteiger partial charge in [-0.15, -0.1) is 0 Å². The summed E-state index contributed by atoms with van der Waals surface area (Å²) < 4.78 is 10.6. The number of hydrogen-bond acceptors (Lipinski definition) is 5. The molecule has 2 aromatic carbocycles. The number of ether oxygens (including phenoxy) is 2. The summed E-state index contributed by atoms with van der Waals surface area (Å²) in [7, 11) is 1.31. The molecule has 6 heteroatoms. The third kappa shape index (κ3) is 4.31. The summed E-state index contributed by atoms with van der Waals surface area (Å²) in [5.74, 6) is -0.159. The topological polar surface area (TPSA) is 77.5 Å². The summed E-state index contributed by atoms with van der Waals surface area (Å²) in [5, 5.41) is 3.66. The Kier molecular flexibility index (Phi) is 6.12. The van der Waals surface area contributed by atoms with Crippen molar-refractivity contribution in [1.29, 1.82) is 0 Å². The van der Waals surface area contributed by atoms with Gasteiger partial charge >= 0.3 is 12.1 Å². The van der Waals surface area contributed by atoms with E-state index in [4.69, 9.17) is 9.47 Å². The van der Waals surface area contributed by atoms with Gasteiger partial charge < -0.3 is 14.8 Å². The number of allylic oxidation sites excluding steroid dienone is 4. The van der Waals surface area contributed by atoms with E-state index in [9.17, 15) is 9.59 Å². The minimum Gasteiger partial charge on any atom is -0.467 e. The van der Waals surface area contributed by atoms with E-state index in [1.54, 1.807) is 6.20 Å². The van der Waals surface area contributed by atoms with Crippen LogP contribution in [0.1, 0.15) is 29.0 Å². The molecule has 6 nitrogen and oxygen atoms in total. The summed E-state index contributed by atoms with van der Waals surface area (Å²) in [4.78, 5) is 29.6. The number of para-hydroxylation sites is 1. The number of esters is 1. The number of carbonyl (C=O) groups is 2. The van der Waals surface area contributed by atoms with Crippen LogP contribution < -0.4 is 5.32 Å². The van der Waals surface area contributed by atoms with Crippen molar-refractivity contribution >= 4 is 28.5 Å². The van der Waals surface area contributed by atoms with Crippen molar-refractivity contribution in [2.75, 3.05) is 13.7 Å². The molecular formula is C28H26N2O4. The number of benzene rings is 2. The molecule has 0 saturated heterocycles. The number of fused-ring (bicyclic) bond motifs is 4. The molecule has 2 aliphatic rings. The number of nitrogens with zero attached hydrogens (tertiary/aromatic N) is 1. The largest absolute Gasteiger partial charge is 0.467 e. The Morgan fingerprint density at radius 3 is 2.85 bits per heavy atom. The fourth-order valence-electron chi connectivity index (χ4n) is 4.97. The van der Waals surface area contributed by atoms with Crippen LogP contribution in [0, 0.1) is 5.92 Å². The molecule has 1 aromatic heterocycles. The van der Waals surface area contributed by atoms with Crippen LogP contribution in [0.4, 0.5) is 4.79 Å². The highest BCUT2D eigenvalue weighted by molar-refractivity contribution is 5.83. The predicted octanol–water partition coefficient (Wildman–Crippen LogP) is 4.80. The Morgan fingerprint density at radius 2 is 1.97 bits per heavy atom. The zero-order chi connectivity index (χ0) is 23.5. The van der Waals surface area contributed by atoms with E-state index in [1.165, 1.54) is 23.8 Å². The number of pyridine rings is 1. The molecule has 1 N–H and O–H groups in total. The summed E-state index contributed by atoms with van der Waals surface area (Å²) in [6, 6.07) is 17.1. The first-order valence-corrected chi connectivity index (χ1v) is 11.4. The number of aromatic nitrogens is 1. The zero-order valence-electron chi connectivity index (χ0n) is 18.9. The van der Waals surface area contributed by atoms with E-state index < -0.39 is 18.1 Å². The fourth-order valence-corrected chi connectivity index (χ4v) is 4.97. The summed E-state index contributed by atoms with van der Waals surface area (Å²) in [6.07, 6.45) is 8.63. The third-order valence-electron chi connectivity index (χ3n) is 6.62. The molecule has 2 aliphatic carbocycles. The fraction of sp³-hybridized carbons (Fsp3) is 0.250. The molecular weight excluding hydrogens is 428 g/mol. The SMILES string of the molecule is COC(=O)[C@H](Cc1cnc2ccccc2c1)NC(=O)OCC1c2ccccc2C2=CC=CCC21. The highest BCUT2D eigenvalue weighted by Crippen LogP contribution is 2.49. The van der Waals surface area contributed by atoms with E-state index in [1.807, 2.05) is 42.5 Å². The van der Waals surface area contributed by atoms with Gasteiger partial charge in [0.05, 0.1) is 12.6 Å². The zero-order valence-corrected chi connectivity index (χ0v) is 18.9.